The topological polar surface area (TPSA) is 45.5 Å². The van der Waals surface area contributed by atoms with Crippen molar-refractivity contribution in [1.29, 1.82) is 0 Å². The van der Waals surface area contributed by atoms with Gasteiger partial charge in [0.15, 0.2) is 5.78 Å². The van der Waals surface area contributed by atoms with Gasteiger partial charge in [-0.05, 0) is 50.1 Å². The van der Waals surface area contributed by atoms with Crippen LogP contribution in [-0.2, 0) is 0 Å². The van der Waals surface area contributed by atoms with Crippen LogP contribution in [0.15, 0.2) is 37.4 Å². The molecule has 1 N–H and O–H groups in total. The number of rotatable bonds is 6. The van der Waals surface area contributed by atoms with Crippen molar-refractivity contribution in [2.24, 2.45) is 0 Å². The molecule has 1 aliphatic rings. The van der Waals surface area contributed by atoms with Gasteiger partial charge >= 0.3 is 0 Å². The first-order valence-corrected chi connectivity index (χ1v) is 9.53. The van der Waals surface area contributed by atoms with Gasteiger partial charge in [0.05, 0.1) is 18.3 Å². The first-order valence-electron chi connectivity index (χ1n) is 9.16. The average Bonchev–Trinajstić information content (AvgIpc) is 2.95. The van der Waals surface area contributed by atoms with Gasteiger partial charge in [-0.3, -0.25) is 9.69 Å². The Morgan fingerprint density at radius 2 is 1.85 bits per heavy atom. The highest BCUT2D eigenvalue weighted by atomic mass is 35.5. The minimum atomic E-state index is -0.250. The lowest BCUT2D eigenvalue weighted by Crippen LogP contribution is -2.39. The molecule has 0 saturated carbocycles. The standard InChI is InChI=1S/C22H25ClN2O2/c1-4-19-20(5-2)25(17-8-6-16(23)7-9-17)15(3)22(19)21(27)14-24-12-10-18(26)11-13-24/h4-9,18,26H,1-2,10-14H2,3H3. The maximum Gasteiger partial charge on any atom is 0.179 e. The molecular weight excluding hydrogens is 360 g/mol. The Bertz CT molecular complexity index is 859. The number of hydrogen-bond donors (Lipinski definition) is 1. The second-order valence-corrected chi connectivity index (χ2v) is 7.35. The lowest BCUT2D eigenvalue weighted by Gasteiger charge is -2.28. The predicted octanol–water partition coefficient (Wildman–Crippen LogP) is 4.36. The van der Waals surface area contributed by atoms with Crippen LogP contribution in [0.25, 0.3) is 17.8 Å². The summed E-state index contributed by atoms with van der Waals surface area (Å²) in [7, 11) is 0. The quantitative estimate of drug-likeness (QED) is 0.752. The van der Waals surface area contributed by atoms with Crippen LogP contribution in [0.1, 0.15) is 40.2 Å². The molecule has 0 aliphatic carbocycles. The van der Waals surface area contributed by atoms with Crippen molar-refractivity contribution in [2.75, 3.05) is 19.6 Å². The summed E-state index contributed by atoms with van der Waals surface area (Å²) in [5.41, 5.74) is 4.13. The summed E-state index contributed by atoms with van der Waals surface area (Å²) in [6.07, 6.45) is 4.66. The highest BCUT2D eigenvalue weighted by Crippen LogP contribution is 2.30. The maximum atomic E-state index is 13.1. The number of likely N-dealkylation sites (tertiary alicyclic amines) is 1. The predicted molar refractivity (Wildman–Crippen MR) is 112 cm³/mol. The molecule has 0 radical (unpaired) electrons. The number of benzene rings is 1. The Hall–Kier alpha value is -2.14. The zero-order valence-electron chi connectivity index (χ0n) is 15.6. The van der Waals surface area contributed by atoms with E-state index in [1.54, 1.807) is 12.2 Å². The molecule has 1 aliphatic heterocycles. The lowest BCUT2D eigenvalue weighted by molar-refractivity contribution is 0.0710. The molecule has 1 aromatic heterocycles. The summed E-state index contributed by atoms with van der Waals surface area (Å²) in [6.45, 7) is 11.6. The van der Waals surface area contributed by atoms with Crippen LogP contribution in [0.5, 0.6) is 0 Å². The van der Waals surface area contributed by atoms with Crippen LogP contribution >= 0.6 is 11.6 Å². The minimum absolute atomic E-state index is 0.0644. The SMILES string of the molecule is C=Cc1c(C(=O)CN2CCC(O)CC2)c(C)n(-c2ccc(Cl)cc2)c1C=C. The summed E-state index contributed by atoms with van der Waals surface area (Å²) in [5, 5.41) is 10.3. The summed E-state index contributed by atoms with van der Waals surface area (Å²) in [5.74, 6) is 0.0644. The highest BCUT2D eigenvalue weighted by Gasteiger charge is 2.26. The van der Waals surface area contributed by atoms with Gasteiger partial charge in [-0.1, -0.05) is 30.8 Å². The van der Waals surface area contributed by atoms with E-state index in [0.29, 0.717) is 30.0 Å². The van der Waals surface area contributed by atoms with E-state index in [2.05, 4.69) is 18.1 Å². The third-order valence-electron chi connectivity index (χ3n) is 5.17. The molecule has 1 aromatic carbocycles. The van der Waals surface area contributed by atoms with Crippen molar-refractivity contribution in [2.45, 2.75) is 25.9 Å². The van der Waals surface area contributed by atoms with Crippen molar-refractivity contribution in [3.8, 4) is 5.69 Å². The van der Waals surface area contributed by atoms with E-state index in [-0.39, 0.29) is 11.9 Å². The molecule has 142 valence electrons. The number of aliphatic hydroxyl groups excluding tert-OH is 1. The van der Waals surface area contributed by atoms with Gasteiger partial charge in [0.1, 0.15) is 0 Å². The van der Waals surface area contributed by atoms with Gasteiger partial charge < -0.3 is 9.67 Å². The molecule has 5 heteroatoms. The second-order valence-electron chi connectivity index (χ2n) is 6.91. The fraction of sp³-hybridized carbons (Fsp3) is 0.318. The van der Waals surface area contributed by atoms with E-state index in [9.17, 15) is 9.90 Å². The Morgan fingerprint density at radius 1 is 1.22 bits per heavy atom. The van der Waals surface area contributed by atoms with Crippen LogP contribution in [0, 0.1) is 6.92 Å². The monoisotopic (exact) mass is 384 g/mol. The fourth-order valence-electron chi connectivity index (χ4n) is 3.78. The molecule has 4 nitrogen and oxygen atoms in total. The van der Waals surface area contributed by atoms with Gasteiger partial charge in [-0.25, -0.2) is 0 Å². The largest absolute Gasteiger partial charge is 0.393 e. The number of Topliss-reactive ketones (excluding diaryl/α,β-unsaturated/α-hetero) is 1. The van der Waals surface area contributed by atoms with Crippen LogP contribution in [-0.4, -0.2) is 46.1 Å². The van der Waals surface area contributed by atoms with E-state index in [4.69, 9.17) is 11.6 Å². The second kappa shape index (κ2) is 8.26. The third-order valence-corrected chi connectivity index (χ3v) is 5.42. The fourth-order valence-corrected chi connectivity index (χ4v) is 3.90. The van der Waals surface area contributed by atoms with E-state index in [1.807, 2.05) is 35.8 Å². The molecule has 2 aromatic rings. The van der Waals surface area contributed by atoms with Crippen LogP contribution in [0.3, 0.4) is 0 Å². The Kier molecular flexibility index (Phi) is 6.00. The molecular formula is C22H25ClN2O2. The van der Waals surface area contributed by atoms with E-state index in [1.165, 1.54) is 0 Å². The third kappa shape index (κ3) is 3.93. The Morgan fingerprint density at radius 3 is 2.41 bits per heavy atom. The number of aliphatic hydroxyl groups is 1. The summed E-state index contributed by atoms with van der Waals surface area (Å²) in [4.78, 5) is 15.2. The molecule has 0 bridgehead atoms. The van der Waals surface area contributed by atoms with Crippen molar-refractivity contribution in [3.05, 3.63) is 65.0 Å². The molecule has 2 heterocycles. The van der Waals surface area contributed by atoms with Gasteiger partial charge in [0.2, 0.25) is 0 Å². The molecule has 0 atom stereocenters. The first kappa shape index (κ1) is 19.6. The van der Waals surface area contributed by atoms with Gasteiger partial charge in [-0.15, -0.1) is 0 Å². The average molecular weight is 385 g/mol. The number of halogens is 1. The number of piperidine rings is 1. The number of aromatic nitrogens is 1. The summed E-state index contributed by atoms with van der Waals surface area (Å²) in [6, 6.07) is 7.51. The maximum absolute atomic E-state index is 13.1. The van der Waals surface area contributed by atoms with E-state index in [0.717, 1.165) is 35.7 Å². The molecule has 1 fully saturated rings. The zero-order chi connectivity index (χ0) is 19.6. The Labute approximate surface area is 165 Å². The lowest BCUT2D eigenvalue weighted by atomic mass is 10.0. The van der Waals surface area contributed by atoms with Crippen molar-refractivity contribution >= 4 is 29.5 Å². The van der Waals surface area contributed by atoms with Gasteiger partial charge in [-0.2, -0.15) is 0 Å². The van der Waals surface area contributed by atoms with Gasteiger partial charge in [0.25, 0.3) is 0 Å². The van der Waals surface area contributed by atoms with Crippen molar-refractivity contribution in [1.82, 2.24) is 9.47 Å². The van der Waals surface area contributed by atoms with E-state index < -0.39 is 0 Å². The van der Waals surface area contributed by atoms with Crippen molar-refractivity contribution < 1.29 is 9.90 Å². The molecule has 0 amide bonds. The van der Waals surface area contributed by atoms with Crippen LogP contribution in [0.2, 0.25) is 5.02 Å². The number of carbonyl (C=O) groups is 1. The number of hydrogen-bond acceptors (Lipinski definition) is 3. The molecule has 27 heavy (non-hydrogen) atoms. The summed E-state index contributed by atoms with van der Waals surface area (Å²) >= 11 is 6.02. The minimum Gasteiger partial charge on any atom is -0.393 e. The van der Waals surface area contributed by atoms with Crippen LogP contribution < -0.4 is 0 Å². The zero-order valence-corrected chi connectivity index (χ0v) is 16.4. The van der Waals surface area contributed by atoms with Gasteiger partial charge in [0, 0.05) is 40.6 Å². The molecule has 1 saturated heterocycles. The number of nitrogens with zero attached hydrogens (tertiary/aromatic N) is 2. The van der Waals surface area contributed by atoms with E-state index >= 15 is 0 Å². The normalized spacial score (nSPS) is 15.7. The Balaban J connectivity index is 1.99. The first-order chi connectivity index (χ1) is 13.0. The number of carbonyl (C=O) groups excluding carboxylic acids is 1. The molecule has 0 unspecified atom stereocenters. The smallest absolute Gasteiger partial charge is 0.179 e. The molecule has 0 spiro atoms. The number of ketones is 1. The molecule has 3 rings (SSSR count). The van der Waals surface area contributed by atoms with Crippen LogP contribution in [0.4, 0.5) is 0 Å². The summed E-state index contributed by atoms with van der Waals surface area (Å²) < 4.78 is 2.02. The highest BCUT2D eigenvalue weighted by molar-refractivity contribution is 6.30. The van der Waals surface area contributed by atoms with Crippen molar-refractivity contribution in [3.63, 3.8) is 0 Å².